The van der Waals surface area contributed by atoms with Gasteiger partial charge in [0.1, 0.15) is 10.8 Å². The summed E-state index contributed by atoms with van der Waals surface area (Å²) in [4.78, 5) is 8.75. The third kappa shape index (κ3) is 2.12. The van der Waals surface area contributed by atoms with E-state index in [1.54, 1.807) is 17.4 Å². The number of aromatic nitrogens is 2. The van der Waals surface area contributed by atoms with E-state index in [0.29, 0.717) is 11.5 Å². The summed E-state index contributed by atoms with van der Waals surface area (Å²) in [5, 5.41) is 0.806. The van der Waals surface area contributed by atoms with Gasteiger partial charge in [0.05, 0.1) is 15.9 Å². The van der Waals surface area contributed by atoms with Crippen LogP contribution < -0.4 is 11.5 Å². The minimum Gasteiger partial charge on any atom is -0.396 e. The lowest BCUT2D eigenvalue weighted by atomic mass is 10.3. The van der Waals surface area contributed by atoms with Crippen molar-refractivity contribution in [3.8, 4) is 0 Å². The van der Waals surface area contributed by atoms with Gasteiger partial charge in [-0.15, -0.1) is 11.3 Å². The molecule has 3 aromatic rings. The van der Waals surface area contributed by atoms with E-state index in [0.717, 1.165) is 14.9 Å². The van der Waals surface area contributed by atoms with Crippen molar-refractivity contribution >= 4 is 44.8 Å². The molecule has 18 heavy (non-hydrogen) atoms. The van der Waals surface area contributed by atoms with Crippen LogP contribution in [0.3, 0.4) is 0 Å². The summed E-state index contributed by atoms with van der Waals surface area (Å²) >= 11 is 3.14. The fraction of sp³-hybridized carbons (Fsp3) is 0. The highest BCUT2D eigenvalue weighted by Gasteiger charge is 2.07. The van der Waals surface area contributed by atoms with Crippen molar-refractivity contribution in [1.29, 1.82) is 0 Å². The monoisotopic (exact) mass is 274 g/mol. The Morgan fingerprint density at radius 1 is 1.00 bits per heavy atom. The molecular weight excluding hydrogens is 264 g/mol. The first kappa shape index (κ1) is 11.3. The van der Waals surface area contributed by atoms with E-state index in [-0.39, 0.29) is 0 Å². The molecule has 2 heterocycles. The minimum atomic E-state index is 0.362. The lowest BCUT2D eigenvalue weighted by Crippen LogP contribution is -1.97. The van der Waals surface area contributed by atoms with Crippen LogP contribution in [0.5, 0.6) is 0 Å². The summed E-state index contributed by atoms with van der Waals surface area (Å²) in [7, 11) is 0. The van der Waals surface area contributed by atoms with Crippen LogP contribution in [0.2, 0.25) is 0 Å². The molecule has 4 nitrogen and oxygen atoms in total. The molecule has 0 aliphatic heterocycles. The molecule has 0 amide bonds. The maximum Gasteiger partial charge on any atom is 0.157 e. The predicted molar refractivity (Wildman–Crippen MR) is 76.8 cm³/mol. The second kappa shape index (κ2) is 4.47. The highest BCUT2D eigenvalue weighted by Crippen LogP contribution is 2.34. The molecule has 0 bridgehead atoms. The van der Waals surface area contributed by atoms with E-state index < -0.39 is 0 Å². The second-order valence-electron chi connectivity index (χ2n) is 3.67. The summed E-state index contributed by atoms with van der Waals surface area (Å²) in [5.74, 6) is 0.362. The number of fused-ring (bicyclic) bond motifs is 1. The van der Waals surface area contributed by atoms with Gasteiger partial charge >= 0.3 is 0 Å². The Labute approximate surface area is 112 Å². The first-order valence-electron chi connectivity index (χ1n) is 5.28. The van der Waals surface area contributed by atoms with E-state index in [2.05, 4.69) is 16.0 Å². The van der Waals surface area contributed by atoms with Crippen LogP contribution in [0.15, 0.2) is 45.8 Å². The lowest BCUT2D eigenvalue weighted by molar-refractivity contribution is 1.14. The molecule has 0 radical (unpaired) electrons. The van der Waals surface area contributed by atoms with Gasteiger partial charge in [-0.2, -0.15) is 0 Å². The highest BCUT2D eigenvalue weighted by molar-refractivity contribution is 8.01. The van der Waals surface area contributed by atoms with Crippen molar-refractivity contribution in [3.63, 3.8) is 0 Å². The van der Waals surface area contributed by atoms with Crippen molar-refractivity contribution in [1.82, 2.24) is 9.97 Å². The number of rotatable bonds is 2. The van der Waals surface area contributed by atoms with Crippen LogP contribution in [0.1, 0.15) is 0 Å². The number of hydrogen-bond donors (Lipinski definition) is 2. The summed E-state index contributed by atoms with van der Waals surface area (Å²) in [6, 6.07) is 11.7. The summed E-state index contributed by atoms with van der Waals surface area (Å²) in [6.45, 7) is 0. The molecule has 4 N–H and O–H groups in total. The fourth-order valence-corrected chi connectivity index (χ4v) is 3.50. The molecule has 2 aromatic heterocycles. The van der Waals surface area contributed by atoms with E-state index >= 15 is 0 Å². The molecule has 0 atom stereocenters. The van der Waals surface area contributed by atoms with Gasteiger partial charge in [0.15, 0.2) is 4.34 Å². The van der Waals surface area contributed by atoms with Gasteiger partial charge in [-0.1, -0.05) is 12.1 Å². The molecule has 0 fully saturated rings. The van der Waals surface area contributed by atoms with E-state index in [4.69, 9.17) is 11.5 Å². The third-order valence-electron chi connectivity index (χ3n) is 2.40. The van der Waals surface area contributed by atoms with E-state index in [1.807, 2.05) is 24.3 Å². The number of pyridine rings is 1. The van der Waals surface area contributed by atoms with E-state index in [1.165, 1.54) is 16.5 Å². The molecule has 0 saturated carbocycles. The first-order chi connectivity index (χ1) is 8.72. The minimum absolute atomic E-state index is 0.362. The van der Waals surface area contributed by atoms with Crippen LogP contribution in [-0.2, 0) is 0 Å². The van der Waals surface area contributed by atoms with Crippen LogP contribution in [-0.4, -0.2) is 9.97 Å². The zero-order chi connectivity index (χ0) is 12.5. The molecule has 6 heteroatoms. The number of hydrogen-bond acceptors (Lipinski definition) is 6. The maximum atomic E-state index is 5.68. The maximum absolute atomic E-state index is 5.68. The van der Waals surface area contributed by atoms with Gasteiger partial charge in [0, 0.05) is 0 Å². The van der Waals surface area contributed by atoms with Crippen molar-refractivity contribution in [2.24, 2.45) is 0 Å². The smallest absolute Gasteiger partial charge is 0.157 e. The average Bonchev–Trinajstić information content (AvgIpc) is 2.76. The molecule has 0 spiro atoms. The Hall–Kier alpha value is -1.79. The van der Waals surface area contributed by atoms with Crippen molar-refractivity contribution < 1.29 is 0 Å². The molecular formula is C12H10N4S2. The predicted octanol–water partition coefficient (Wildman–Crippen LogP) is 3.01. The van der Waals surface area contributed by atoms with Crippen LogP contribution in [0, 0.1) is 0 Å². The molecule has 0 saturated heterocycles. The van der Waals surface area contributed by atoms with E-state index in [9.17, 15) is 0 Å². The van der Waals surface area contributed by atoms with Crippen molar-refractivity contribution in [3.05, 3.63) is 36.4 Å². The third-order valence-corrected chi connectivity index (χ3v) is 4.43. The molecule has 1 aromatic carbocycles. The quantitative estimate of drug-likeness (QED) is 0.751. The number of anilines is 2. The zero-order valence-corrected chi connectivity index (χ0v) is 11.0. The number of nitrogens with zero attached hydrogens (tertiary/aromatic N) is 2. The van der Waals surface area contributed by atoms with Gasteiger partial charge in [0.25, 0.3) is 0 Å². The number of nitrogens with two attached hydrogens (primary N) is 2. The topological polar surface area (TPSA) is 77.8 Å². The van der Waals surface area contributed by atoms with Gasteiger partial charge in [0.2, 0.25) is 0 Å². The number of thiazole rings is 1. The van der Waals surface area contributed by atoms with Crippen molar-refractivity contribution in [2.45, 2.75) is 9.37 Å². The highest BCUT2D eigenvalue weighted by atomic mass is 32.2. The van der Waals surface area contributed by atoms with Gasteiger partial charge < -0.3 is 11.5 Å². The summed E-state index contributed by atoms with van der Waals surface area (Å²) < 4.78 is 2.12. The number of benzene rings is 1. The molecule has 0 aliphatic rings. The lowest BCUT2D eigenvalue weighted by Gasteiger charge is -2.01. The molecule has 0 unspecified atom stereocenters. The Morgan fingerprint density at radius 3 is 2.61 bits per heavy atom. The standard InChI is InChI=1S/C12H10N4S2/c13-7-5-6-10(16-11(7)14)18-12-15-8-3-1-2-4-9(8)17-12/h1-6H,13H2,(H2,14,16). The molecule has 0 aliphatic carbocycles. The molecule has 3 rings (SSSR count). The average molecular weight is 274 g/mol. The number of para-hydroxylation sites is 1. The van der Waals surface area contributed by atoms with Crippen molar-refractivity contribution in [2.75, 3.05) is 11.5 Å². The normalized spacial score (nSPS) is 10.9. The second-order valence-corrected chi connectivity index (χ2v) is 5.97. The van der Waals surface area contributed by atoms with Crippen LogP contribution in [0.25, 0.3) is 10.2 Å². The Kier molecular flexibility index (Phi) is 2.81. The van der Waals surface area contributed by atoms with Gasteiger partial charge in [-0.3, -0.25) is 0 Å². The largest absolute Gasteiger partial charge is 0.396 e. The summed E-state index contributed by atoms with van der Waals surface area (Å²) in [6.07, 6.45) is 0. The zero-order valence-electron chi connectivity index (χ0n) is 9.33. The summed E-state index contributed by atoms with van der Waals surface area (Å²) in [5.41, 5.74) is 12.8. The Morgan fingerprint density at radius 2 is 1.83 bits per heavy atom. The molecule has 90 valence electrons. The van der Waals surface area contributed by atoms with Gasteiger partial charge in [-0.05, 0) is 36.0 Å². The fourth-order valence-electron chi connectivity index (χ4n) is 1.51. The first-order valence-corrected chi connectivity index (χ1v) is 6.91. The van der Waals surface area contributed by atoms with Gasteiger partial charge in [-0.25, -0.2) is 9.97 Å². The number of nitrogen functional groups attached to an aromatic ring is 2. The SMILES string of the molecule is Nc1ccc(Sc2nc3ccccc3s2)nc1N. The van der Waals surface area contributed by atoms with Crippen LogP contribution in [0.4, 0.5) is 11.5 Å². The Balaban J connectivity index is 1.93. The van der Waals surface area contributed by atoms with Crippen LogP contribution >= 0.6 is 23.1 Å². The Bertz CT molecular complexity index is 675.